The number of hydrogen-bond acceptors (Lipinski definition) is 4. The molecule has 1 unspecified atom stereocenters. The second kappa shape index (κ2) is 7.36. The van der Waals surface area contributed by atoms with Gasteiger partial charge >= 0.3 is 0 Å². The normalized spacial score (nSPS) is 20.9. The number of unbranched alkanes of at least 4 members (excludes halogenated alkanes) is 1. The molecule has 0 aliphatic carbocycles. The number of nitrogens with zero attached hydrogens (tertiary/aromatic N) is 1. The highest BCUT2D eigenvalue weighted by molar-refractivity contribution is 7.85. The first-order valence-corrected chi connectivity index (χ1v) is 12.6. The van der Waals surface area contributed by atoms with Gasteiger partial charge in [0.05, 0.1) is 11.2 Å². The third kappa shape index (κ3) is 3.21. The van der Waals surface area contributed by atoms with Crippen molar-refractivity contribution in [2.45, 2.75) is 37.8 Å². The lowest BCUT2D eigenvalue weighted by atomic mass is 9.76. The van der Waals surface area contributed by atoms with Crippen LogP contribution in [0.25, 0.3) is 16.8 Å². The fourth-order valence-electron chi connectivity index (χ4n) is 5.20. The molecule has 2 heterocycles. The van der Waals surface area contributed by atoms with Crippen molar-refractivity contribution in [1.82, 2.24) is 0 Å². The zero-order valence-corrected chi connectivity index (χ0v) is 19.1. The molecule has 2 aliphatic rings. The summed E-state index contributed by atoms with van der Waals surface area (Å²) in [5.74, 6) is 0.611. The van der Waals surface area contributed by atoms with E-state index in [1.54, 1.807) is 0 Å². The van der Waals surface area contributed by atoms with E-state index in [4.69, 9.17) is 9.29 Å². The molecule has 1 atom stereocenters. The van der Waals surface area contributed by atoms with Crippen LogP contribution in [0.4, 0.5) is 5.69 Å². The van der Waals surface area contributed by atoms with E-state index in [0.29, 0.717) is 19.4 Å². The largest absolute Gasteiger partial charge is 0.463 e. The second-order valence-corrected chi connectivity index (χ2v) is 10.7. The minimum Gasteiger partial charge on any atom is -0.463 e. The molecule has 0 saturated carbocycles. The maximum Gasteiger partial charge on any atom is 0.264 e. The van der Waals surface area contributed by atoms with Gasteiger partial charge in [-0.2, -0.15) is 8.42 Å². The van der Waals surface area contributed by atoms with Crippen molar-refractivity contribution in [2.24, 2.45) is 0 Å². The zero-order valence-electron chi connectivity index (χ0n) is 18.3. The van der Waals surface area contributed by atoms with Crippen LogP contribution < -0.4 is 9.64 Å². The SMILES string of the molecule is CC1(C)c2ccccc2N(CCCCS(=O)(=O)O)C12C=Cc1c(ccc3ccccc13)O2. The predicted molar refractivity (Wildman–Crippen MR) is 129 cm³/mol. The Bertz CT molecular complexity index is 1330. The lowest BCUT2D eigenvalue weighted by Gasteiger charge is -2.47. The predicted octanol–water partition coefficient (Wildman–Crippen LogP) is 5.41. The van der Waals surface area contributed by atoms with Gasteiger partial charge in [-0.25, -0.2) is 0 Å². The summed E-state index contributed by atoms with van der Waals surface area (Å²) in [4.78, 5) is 2.25. The third-order valence-electron chi connectivity index (χ3n) is 6.87. The Morgan fingerprint density at radius 1 is 0.969 bits per heavy atom. The summed E-state index contributed by atoms with van der Waals surface area (Å²) < 4.78 is 38.3. The number of ether oxygens (including phenoxy) is 1. The monoisotopic (exact) mass is 449 g/mol. The van der Waals surface area contributed by atoms with Gasteiger partial charge in [0, 0.05) is 17.8 Å². The molecule has 1 spiro atoms. The molecule has 6 heteroatoms. The standard InChI is InChI=1S/C26H27NO4S/c1-25(2)22-11-5-6-12-23(22)27(17-7-8-18-32(28,29)30)26(25)16-15-21-20-10-4-3-9-19(20)13-14-24(21)31-26/h3-6,9-16H,7-8,17-18H2,1-2H3,(H,28,29,30). The summed E-state index contributed by atoms with van der Waals surface area (Å²) >= 11 is 0. The van der Waals surface area contributed by atoms with Crippen LogP contribution in [0, 0.1) is 0 Å². The molecule has 3 aromatic carbocycles. The van der Waals surface area contributed by atoms with E-state index in [0.717, 1.165) is 22.4 Å². The Kier molecular flexibility index (Phi) is 4.84. The summed E-state index contributed by atoms with van der Waals surface area (Å²) in [6.45, 7) is 5.00. The summed E-state index contributed by atoms with van der Waals surface area (Å²) in [6.07, 6.45) is 5.33. The van der Waals surface area contributed by atoms with Crippen molar-refractivity contribution in [3.63, 3.8) is 0 Å². The third-order valence-corrected chi connectivity index (χ3v) is 7.68. The van der Waals surface area contributed by atoms with Gasteiger partial charge in [0.2, 0.25) is 5.72 Å². The van der Waals surface area contributed by atoms with E-state index < -0.39 is 15.8 Å². The molecule has 5 rings (SSSR count). The Balaban J connectivity index is 1.56. The average molecular weight is 450 g/mol. The van der Waals surface area contributed by atoms with Gasteiger partial charge in [0.15, 0.2) is 0 Å². The molecule has 1 N–H and O–H groups in total. The molecular weight excluding hydrogens is 422 g/mol. The molecule has 3 aromatic rings. The van der Waals surface area contributed by atoms with Crippen LogP contribution in [0.15, 0.2) is 66.7 Å². The number of hydrogen-bond donors (Lipinski definition) is 1. The maximum absolute atomic E-state index is 11.2. The number of anilines is 1. The summed E-state index contributed by atoms with van der Waals surface area (Å²) in [6, 6.07) is 20.7. The fraction of sp³-hybridized carbons (Fsp3) is 0.308. The number of fused-ring (bicyclic) bond motifs is 4. The molecule has 5 nitrogen and oxygen atoms in total. The van der Waals surface area contributed by atoms with Gasteiger partial charge < -0.3 is 9.64 Å². The highest BCUT2D eigenvalue weighted by Gasteiger charge is 2.58. The van der Waals surface area contributed by atoms with Crippen LogP contribution in [0.2, 0.25) is 0 Å². The molecule has 0 amide bonds. The fourth-order valence-corrected chi connectivity index (χ4v) is 5.77. The molecule has 0 bridgehead atoms. The van der Waals surface area contributed by atoms with E-state index >= 15 is 0 Å². The molecule has 32 heavy (non-hydrogen) atoms. The first-order valence-electron chi connectivity index (χ1n) is 11.0. The number of rotatable bonds is 5. The first kappa shape index (κ1) is 21.0. The van der Waals surface area contributed by atoms with E-state index in [2.05, 4.69) is 61.2 Å². The van der Waals surface area contributed by atoms with E-state index in [9.17, 15) is 8.42 Å². The van der Waals surface area contributed by atoms with E-state index in [-0.39, 0.29) is 11.2 Å². The van der Waals surface area contributed by atoms with Crippen LogP contribution in [0.5, 0.6) is 5.75 Å². The highest BCUT2D eigenvalue weighted by Crippen LogP contribution is 2.55. The van der Waals surface area contributed by atoms with Crippen LogP contribution in [0.3, 0.4) is 0 Å². The van der Waals surface area contributed by atoms with E-state index in [1.165, 1.54) is 10.9 Å². The summed E-state index contributed by atoms with van der Waals surface area (Å²) in [5, 5.41) is 2.33. The molecule has 166 valence electrons. The molecule has 2 aliphatic heterocycles. The minimum atomic E-state index is -3.96. The molecule has 0 aromatic heterocycles. The van der Waals surface area contributed by atoms with E-state index in [1.807, 2.05) is 30.3 Å². The number of benzene rings is 3. The maximum atomic E-state index is 11.2. The van der Waals surface area contributed by atoms with Crippen LogP contribution in [0.1, 0.15) is 37.8 Å². The second-order valence-electron chi connectivity index (χ2n) is 9.12. The minimum absolute atomic E-state index is 0.232. The first-order chi connectivity index (χ1) is 15.2. The molecule has 0 saturated heterocycles. The smallest absolute Gasteiger partial charge is 0.264 e. The Hall–Kier alpha value is -2.83. The van der Waals surface area contributed by atoms with Crippen molar-refractivity contribution in [3.8, 4) is 5.75 Å². The molecular formula is C26H27NO4S. The zero-order chi connectivity index (χ0) is 22.6. The quantitative estimate of drug-likeness (QED) is 0.417. The number of para-hydroxylation sites is 1. The lowest BCUT2D eigenvalue weighted by Crippen LogP contribution is -2.59. The highest BCUT2D eigenvalue weighted by atomic mass is 32.2. The van der Waals surface area contributed by atoms with Gasteiger partial charge in [-0.1, -0.05) is 48.5 Å². The molecule has 0 fully saturated rings. The Labute approximate surface area is 189 Å². The topological polar surface area (TPSA) is 66.8 Å². The van der Waals surface area contributed by atoms with Crippen molar-refractivity contribution in [2.75, 3.05) is 17.2 Å². The summed E-state index contributed by atoms with van der Waals surface area (Å²) in [5.41, 5.74) is 2.30. The Morgan fingerprint density at radius 3 is 2.53 bits per heavy atom. The van der Waals surface area contributed by atoms with Crippen molar-refractivity contribution in [3.05, 3.63) is 77.9 Å². The lowest BCUT2D eigenvalue weighted by molar-refractivity contribution is 0.0535. The van der Waals surface area contributed by atoms with Crippen LogP contribution >= 0.6 is 0 Å². The summed E-state index contributed by atoms with van der Waals surface area (Å²) in [7, 11) is -3.96. The van der Waals surface area contributed by atoms with Crippen LogP contribution in [-0.2, 0) is 15.5 Å². The Morgan fingerprint density at radius 2 is 1.72 bits per heavy atom. The van der Waals surface area contributed by atoms with Gasteiger partial charge in [0.1, 0.15) is 5.75 Å². The van der Waals surface area contributed by atoms with Gasteiger partial charge in [-0.15, -0.1) is 0 Å². The van der Waals surface area contributed by atoms with Crippen molar-refractivity contribution in [1.29, 1.82) is 0 Å². The van der Waals surface area contributed by atoms with Gasteiger partial charge in [-0.05, 0) is 67.3 Å². The van der Waals surface area contributed by atoms with Crippen molar-refractivity contribution < 1.29 is 17.7 Å². The van der Waals surface area contributed by atoms with Crippen LogP contribution in [-0.4, -0.2) is 31.0 Å². The van der Waals surface area contributed by atoms with Gasteiger partial charge in [0.25, 0.3) is 10.1 Å². The average Bonchev–Trinajstić information content (AvgIpc) is 2.94. The van der Waals surface area contributed by atoms with Crippen molar-refractivity contribution >= 4 is 32.7 Å². The molecule has 0 radical (unpaired) electrons. The van der Waals surface area contributed by atoms with Gasteiger partial charge in [-0.3, -0.25) is 4.55 Å².